The minimum atomic E-state index is -4.39. The average Bonchev–Trinajstić information content (AvgIpc) is 3.12. The molecule has 0 spiro atoms. The lowest BCUT2D eigenvalue weighted by Crippen LogP contribution is -2.22. The predicted octanol–water partition coefficient (Wildman–Crippen LogP) is 4.47. The first-order chi connectivity index (χ1) is 15.8. The first-order valence-electron chi connectivity index (χ1n) is 10.3. The maximum Gasteiger partial charge on any atom is 0.406 e. The highest BCUT2D eigenvalue weighted by atomic mass is 19.4. The summed E-state index contributed by atoms with van der Waals surface area (Å²) in [6, 6.07) is 11.8. The molecule has 174 valence electrons. The number of amides is 1. The molecule has 0 bridgehead atoms. The molecular formula is C24H25F3N4O2. The van der Waals surface area contributed by atoms with Gasteiger partial charge in [-0.2, -0.15) is 13.2 Å². The molecule has 1 aromatic heterocycles. The topological polar surface area (TPSA) is 67.3 Å². The van der Waals surface area contributed by atoms with Crippen LogP contribution in [0.25, 0.3) is 10.9 Å². The number of methoxy groups -OCH3 is 1. The standard InChI is InChI=1S/C24H25F3N4O2/c1-4-29-23(32)16-10-11-22(33-3)20(13-16)30-12-6-7-17-14-18-19(28-2)8-5-9-21(18)31(17)15-24(25,26)27/h5,8-11,13-14,28,30H,4,12,15H2,1-3H3,(H,29,32). The van der Waals surface area contributed by atoms with Gasteiger partial charge in [0, 0.05) is 30.2 Å². The third-order valence-electron chi connectivity index (χ3n) is 4.94. The fraction of sp³-hybridized carbons (Fsp3) is 0.292. The SMILES string of the molecule is CCNC(=O)c1ccc(OC)c(NCC#Cc2cc3c(NC)cccc3n2CC(F)(F)F)c1. The number of anilines is 2. The highest BCUT2D eigenvalue weighted by molar-refractivity contribution is 5.95. The second kappa shape index (κ2) is 10.2. The van der Waals surface area contributed by atoms with Gasteiger partial charge in [-0.3, -0.25) is 4.79 Å². The number of carbonyl (C=O) groups excluding carboxylic acids is 1. The minimum Gasteiger partial charge on any atom is -0.495 e. The maximum atomic E-state index is 13.2. The van der Waals surface area contributed by atoms with Crippen LogP contribution in [0.4, 0.5) is 24.5 Å². The molecule has 0 aliphatic heterocycles. The van der Waals surface area contributed by atoms with E-state index < -0.39 is 12.7 Å². The predicted molar refractivity (Wildman–Crippen MR) is 124 cm³/mol. The molecule has 0 fully saturated rings. The molecule has 0 atom stereocenters. The maximum absolute atomic E-state index is 13.2. The van der Waals surface area contributed by atoms with Crippen LogP contribution in [-0.2, 0) is 6.54 Å². The van der Waals surface area contributed by atoms with Crippen LogP contribution in [0.15, 0.2) is 42.5 Å². The van der Waals surface area contributed by atoms with Gasteiger partial charge < -0.3 is 25.3 Å². The van der Waals surface area contributed by atoms with Crippen molar-refractivity contribution in [2.45, 2.75) is 19.6 Å². The third kappa shape index (κ3) is 5.71. The number of carbonyl (C=O) groups is 1. The molecular weight excluding hydrogens is 433 g/mol. The highest BCUT2D eigenvalue weighted by Gasteiger charge is 2.29. The van der Waals surface area contributed by atoms with Crippen LogP contribution in [-0.4, -0.2) is 43.9 Å². The summed E-state index contributed by atoms with van der Waals surface area (Å²) >= 11 is 0. The molecule has 0 saturated heterocycles. The van der Waals surface area contributed by atoms with Gasteiger partial charge in [0.05, 0.1) is 30.6 Å². The zero-order valence-electron chi connectivity index (χ0n) is 18.6. The van der Waals surface area contributed by atoms with Gasteiger partial charge in [0.15, 0.2) is 0 Å². The van der Waals surface area contributed by atoms with E-state index in [0.29, 0.717) is 34.4 Å². The first-order valence-corrected chi connectivity index (χ1v) is 10.3. The summed E-state index contributed by atoms with van der Waals surface area (Å²) in [5.74, 6) is 6.03. The lowest BCUT2D eigenvalue weighted by molar-refractivity contribution is -0.140. The monoisotopic (exact) mass is 458 g/mol. The third-order valence-corrected chi connectivity index (χ3v) is 4.94. The zero-order chi connectivity index (χ0) is 24.0. The number of hydrogen-bond donors (Lipinski definition) is 3. The summed E-state index contributed by atoms with van der Waals surface area (Å²) in [5.41, 5.74) is 2.45. The van der Waals surface area contributed by atoms with Crippen LogP contribution < -0.4 is 20.7 Å². The Kier molecular flexibility index (Phi) is 7.38. The van der Waals surface area contributed by atoms with Crippen molar-refractivity contribution in [1.29, 1.82) is 0 Å². The molecule has 0 aliphatic carbocycles. The molecule has 0 unspecified atom stereocenters. The van der Waals surface area contributed by atoms with Crippen LogP contribution in [0.5, 0.6) is 5.75 Å². The van der Waals surface area contributed by atoms with E-state index in [1.807, 2.05) is 6.92 Å². The van der Waals surface area contributed by atoms with Crippen molar-refractivity contribution in [3.8, 4) is 17.6 Å². The summed E-state index contributed by atoms with van der Waals surface area (Å²) in [5, 5.41) is 9.46. The number of benzene rings is 2. The summed E-state index contributed by atoms with van der Waals surface area (Å²) in [7, 11) is 3.22. The molecule has 1 amide bonds. The normalized spacial score (nSPS) is 11.0. The largest absolute Gasteiger partial charge is 0.495 e. The van der Waals surface area contributed by atoms with Crippen molar-refractivity contribution < 1.29 is 22.7 Å². The van der Waals surface area contributed by atoms with Crippen molar-refractivity contribution in [3.05, 3.63) is 53.7 Å². The zero-order valence-corrected chi connectivity index (χ0v) is 18.6. The Morgan fingerprint density at radius 2 is 1.94 bits per heavy atom. The quantitative estimate of drug-likeness (QED) is 0.457. The Balaban J connectivity index is 1.88. The summed E-state index contributed by atoms with van der Waals surface area (Å²) in [4.78, 5) is 12.1. The van der Waals surface area contributed by atoms with Crippen molar-refractivity contribution >= 4 is 28.2 Å². The fourth-order valence-corrected chi connectivity index (χ4v) is 3.48. The second-order valence-corrected chi connectivity index (χ2v) is 7.15. The lowest BCUT2D eigenvalue weighted by Gasteiger charge is -2.12. The number of nitrogens with zero attached hydrogens (tertiary/aromatic N) is 1. The van der Waals surface area contributed by atoms with E-state index in [-0.39, 0.29) is 18.1 Å². The van der Waals surface area contributed by atoms with E-state index in [1.165, 1.54) is 11.7 Å². The van der Waals surface area contributed by atoms with Crippen LogP contribution in [0, 0.1) is 11.8 Å². The van der Waals surface area contributed by atoms with Gasteiger partial charge in [0.1, 0.15) is 12.3 Å². The van der Waals surface area contributed by atoms with Crippen LogP contribution >= 0.6 is 0 Å². The molecule has 3 aromatic rings. The molecule has 0 saturated carbocycles. The number of rotatable bonds is 7. The Morgan fingerprint density at radius 3 is 2.61 bits per heavy atom. The number of halogens is 3. The smallest absolute Gasteiger partial charge is 0.406 e. The second-order valence-electron chi connectivity index (χ2n) is 7.15. The van der Waals surface area contributed by atoms with E-state index in [1.54, 1.807) is 49.5 Å². The molecule has 0 radical (unpaired) electrons. The number of fused-ring (bicyclic) bond motifs is 1. The molecule has 3 rings (SSSR count). The highest BCUT2D eigenvalue weighted by Crippen LogP contribution is 2.30. The molecule has 0 aliphatic rings. The first kappa shape index (κ1) is 23.9. The van der Waals surface area contributed by atoms with E-state index in [4.69, 9.17) is 4.74 Å². The molecule has 2 aromatic carbocycles. The Morgan fingerprint density at radius 1 is 1.15 bits per heavy atom. The molecule has 33 heavy (non-hydrogen) atoms. The number of ether oxygens (including phenoxy) is 1. The van der Waals surface area contributed by atoms with E-state index >= 15 is 0 Å². The Hall–Kier alpha value is -3.80. The molecule has 9 heteroatoms. The average molecular weight is 458 g/mol. The van der Waals surface area contributed by atoms with Gasteiger partial charge in [-0.25, -0.2) is 0 Å². The van der Waals surface area contributed by atoms with Gasteiger partial charge in [-0.1, -0.05) is 12.0 Å². The van der Waals surface area contributed by atoms with Crippen molar-refractivity contribution in [2.24, 2.45) is 0 Å². The summed E-state index contributed by atoms with van der Waals surface area (Å²) in [6.45, 7) is 1.33. The number of nitrogens with one attached hydrogen (secondary N) is 3. The number of aromatic nitrogens is 1. The molecule has 6 nitrogen and oxygen atoms in total. The van der Waals surface area contributed by atoms with Gasteiger partial charge >= 0.3 is 6.18 Å². The Bertz CT molecular complexity index is 1210. The van der Waals surface area contributed by atoms with Gasteiger partial charge in [0.25, 0.3) is 5.91 Å². The summed E-state index contributed by atoms with van der Waals surface area (Å²) in [6.07, 6.45) is -4.39. The van der Waals surface area contributed by atoms with Crippen molar-refractivity contribution in [1.82, 2.24) is 9.88 Å². The Labute approximate surface area is 190 Å². The fourth-order valence-electron chi connectivity index (χ4n) is 3.48. The van der Waals surface area contributed by atoms with Gasteiger partial charge in [-0.15, -0.1) is 0 Å². The van der Waals surface area contributed by atoms with Crippen LogP contribution in [0.2, 0.25) is 0 Å². The van der Waals surface area contributed by atoms with Gasteiger partial charge in [-0.05, 0) is 49.2 Å². The minimum absolute atomic E-state index is 0.141. The van der Waals surface area contributed by atoms with E-state index in [9.17, 15) is 18.0 Å². The molecule has 3 N–H and O–H groups in total. The number of hydrogen-bond acceptors (Lipinski definition) is 4. The van der Waals surface area contributed by atoms with Crippen LogP contribution in [0.3, 0.4) is 0 Å². The van der Waals surface area contributed by atoms with Crippen molar-refractivity contribution in [3.63, 3.8) is 0 Å². The van der Waals surface area contributed by atoms with Crippen LogP contribution in [0.1, 0.15) is 23.0 Å². The van der Waals surface area contributed by atoms with Gasteiger partial charge in [0.2, 0.25) is 0 Å². The number of alkyl halides is 3. The van der Waals surface area contributed by atoms with E-state index in [2.05, 4.69) is 27.8 Å². The lowest BCUT2D eigenvalue weighted by atomic mass is 10.1. The van der Waals surface area contributed by atoms with E-state index in [0.717, 1.165) is 5.69 Å². The molecule has 1 heterocycles. The summed E-state index contributed by atoms with van der Waals surface area (Å²) < 4.78 is 46.1. The van der Waals surface area contributed by atoms with Crippen molar-refractivity contribution in [2.75, 3.05) is 37.9 Å².